The average molecular weight is 476 g/mol. The smallest absolute Gasteiger partial charge is 0.264 e. The third-order valence-electron chi connectivity index (χ3n) is 7.58. The van der Waals surface area contributed by atoms with Crippen molar-refractivity contribution in [1.29, 1.82) is 0 Å². The van der Waals surface area contributed by atoms with Gasteiger partial charge in [0.1, 0.15) is 11.6 Å². The number of nitrogens with one attached hydrogen (secondary N) is 1. The molecule has 1 aromatic heterocycles. The fourth-order valence-corrected chi connectivity index (χ4v) is 5.49. The molecule has 3 saturated heterocycles. The molecule has 5 rings (SSSR count). The Morgan fingerprint density at radius 2 is 2.03 bits per heavy atom. The number of amides is 1. The van der Waals surface area contributed by atoms with Crippen molar-refractivity contribution in [2.24, 2.45) is 0 Å². The van der Waals surface area contributed by atoms with Crippen molar-refractivity contribution in [2.45, 2.75) is 62.1 Å². The summed E-state index contributed by atoms with van der Waals surface area (Å²) in [5, 5.41) is 22.0. The number of rotatable bonds is 4. The minimum Gasteiger partial charge on any atom is -0.507 e. The first kappa shape index (κ1) is 22.9. The van der Waals surface area contributed by atoms with E-state index < -0.39 is 17.8 Å². The molecule has 2 aromatic rings. The lowest BCUT2D eigenvalue weighted by Gasteiger charge is -2.36. The number of aromatic hydroxyl groups is 1. The molecule has 34 heavy (non-hydrogen) atoms. The molecule has 3 aliphatic rings. The second kappa shape index (κ2) is 8.41. The summed E-state index contributed by atoms with van der Waals surface area (Å²) in [4.78, 5) is 15.5. The predicted molar refractivity (Wildman–Crippen MR) is 120 cm³/mol. The third-order valence-corrected chi connectivity index (χ3v) is 7.58. The Morgan fingerprint density at radius 1 is 1.24 bits per heavy atom. The molecule has 0 aliphatic carbocycles. The highest BCUT2D eigenvalue weighted by Gasteiger charge is 2.53. The maximum absolute atomic E-state index is 15.0. The number of likely N-dealkylation sites (tertiary alicyclic amines) is 1. The standard InChI is InChI=1S/C24H28F3N5O2/c1-31-6-5-13(7-23(31)34)16-11-20(33)17(10-18(16)25)19-3-4-22(30-29-19)32(2)15-8-14-12-24(26,27)21(9-15)28-14/h3-4,10-11,13-15,21,28,33H,5-9,12H2,1-2H3/t13-,14-,15+,21+/m1/s1. The van der Waals surface area contributed by atoms with Gasteiger partial charge >= 0.3 is 0 Å². The number of piperidine rings is 2. The van der Waals surface area contributed by atoms with E-state index >= 15 is 0 Å². The van der Waals surface area contributed by atoms with Gasteiger partial charge in [0, 0.05) is 51.1 Å². The molecule has 0 spiro atoms. The van der Waals surface area contributed by atoms with Crippen LogP contribution in [-0.4, -0.2) is 70.8 Å². The fraction of sp³-hybridized carbons (Fsp3) is 0.542. The summed E-state index contributed by atoms with van der Waals surface area (Å²) in [5.74, 6) is -3.11. The van der Waals surface area contributed by atoms with Crippen molar-refractivity contribution in [3.05, 3.63) is 35.6 Å². The average Bonchev–Trinajstić information content (AvgIpc) is 3.02. The van der Waals surface area contributed by atoms with Crippen LogP contribution in [0.5, 0.6) is 5.75 Å². The molecule has 7 nitrogen and oxygen atoms in total. The van der Waals surface area contributed by atoms with Crippen molar-refractivity contribution in [3.8, 4) is 17.0 Å². The van der Waals surface area contributed by atoms with Gasteiger partial charge in [-0.05, 0) is 55.0 Å². The monoisotopic (exact) mass is 475 g/mol. The van der Waals surface area contributed by atoms with E-state index in [1.54, 1.807) is 24.1 Å². The number of hydrogen-bond donors (Lipinski definition) is 2. The lowest BCUT2D eigenvalue weighted by molar-refractivity contribution is -0.132. The molecule has 1 amide bonds. The summed E-state index contributed by atoms with van der Waals surface area (Å²) >= 11 is 0. The minimum atomic E-state index is -2.69. The number of carbonyl (C=O) groups excluding carboxylic acids is 1. The molecule has 0 saturated carbocycles. The van der Waals surface area contributed by atoms with E-state index in [9.17, 15) is 23.1 Å². The Bertz CT molecular complexity index is 1100. The summed E-state index contributed by atoms with van der Waals surface area (Å²) in [5.41, 5.74) is 0.836. The normalized spacial score (nSPS) is 28.3. The van der Waals surface area contributed by atoms with E-state index in [1.165, 1.54) is 12.1 Å². The van der Waals surface area contributed by atoms with Crippen molar-refractivity contribution < 1.29 is 23.1 Å². The van der Waals surface area contributed by atoms with Crippen molar-refractivity contribution >= 4 is 11.7 Å². The zero-order chi connectivity index (χ0) is 24.2. The van der Waals surface area contributed by atoms with E-state index in [4.69, 9.17) is 0 Å². The Hall–Kier alpha value is -2.88. The zero-order valence-corrected chi connectivity index (χ0v) is 19.1. The van der Waals surface area contributed by atoms with Crippen LogP contribution in [0.1, 0.15) is 43.6 Å². The van der Waals surface area contributed by atoms with Crippen LogP contribution in [0.3, 0.4) is 0 Å². The Balaban J connectivity index is 1.32. The quantitative estimate of drug-likeness (QED) is 0.707. The molecule has 10 heteroatoms. The van der Waals surface area contributed by atoms with E-state index in [-0.39, 0.29) is 48.1 Å². The summed E-state index contributed by atoms with van der Waals surface area (Å²) in [7, 11) is 3.53. The summed E-state index contributed by atoms with van der Waals surface area (Å²) in [6.07, 6.45) is 1.61. The number of alkyl halides is 2. The Kier molecular flexibility index (Phi) is 5.66. The second-order valence-corrected chi connectivity index (χ2v) is 9.79. The highest BCUT2D eigenvalue weighted by Crippen LogP contribution is 2.41. The topological polar surface area (TPSA) is 81.6 Å². The molecule has 4 heterocycles. The van der Waals surface area contributed by atoms with Crippen LogP contribution >= 0.6 is 0 Å². The molecule has 1 aromatic carbocycles. The summed E-state index contributed by atoms with van der Waals surface area (Å²) in [6.45, 7) is 0.544. The van der Waals surface area contributed by atoms with Crippen LogP contribution in [-0.2, 0) is 4.79 Å². The van der Waals surface area contributed by atoms with Crippen LogP contribution in [0.4, 0.5) is 19.0 Å². The highest BCUT2D eigenvalue weighted by atomic mass is 19.3. The minimum absolute atomic E-state index is 0.0461. The van der Waals surface area contributed by atoms with Crippen LogP contribution in [0.2, 0.25) is 0 Å². The number of phenols is 1. The Morgan fingerprint density at radius 3 is 2.71 bits per heavy atom. The van der Waals surface area contributed by atoms with Gasteiger partial charge in [-0.2, -0.15) is 0 Å². The first-order chi connectivity index (χ1) is 16.1. The number of nitrogens with zero attached hydrogens (tertiary/aromatic N) is 4. The van der Waals surface area contributed by atoms with Gasteiger partial charge in [-0.25, -0.2) is 13.2 Å². The SMILES string of the molecule is CN1CC[C@@H](c2cc(O)c(-c3ccc(N(C)[C@H]4C[C@@H]5CC(F)(F)[C@H](C4)N5)nn3)cc2F)CC1=O. The third kappa shape index (κ3) is 4.08. The zero-order valence-electron chi connectivity index (χ0n) is 19.1. The van der Waals surface area contributed by atoms with Crippen LogP contribution in [0.25, 0.3) is 11.3 Å². The summed E-state index contributed by atoms with van der Waals surface area (Å²) < 4.78 is 43.1. The van der Waals surface area contributed by atoms with Crippen LogP contribution < -0.4 is 10.2 Å². The lowest BCUT2D eigenvalue weighted by atomic mass is 9.87. The molecule has 3 fully saturated rings. The van der Waals surface area contributed by atoms with Gasteiger partial charge in [0.15, 0.2) is 5.82 Å². The highest BCUT2D eigenvalue weighted by molar-refractivity contribution is 5.78. The molecule has 2 N–H and O–H groups in total. The number of phenolic OH excluding ortho intramolecular Hbond substituents is 1. The number of aromatic nitrogens is 2. The summed E-state index contributed by atoms with van der Waals surface area (Å²) in [6, 6.07) is 4.80. The van der Waals surface area contributed by atoms with Gasteiger partial charge in [0.25, 0.3) is 5.92 Å². The van der Waals surface area contributed by atoms with Gasteiger partial charge in [0.05, 0.1) is 11.7 Å². The molecule has 182 valence electrons. The molecule has 0 unspecified atom stereocenters. The van der Waals surface area contributed by atoms with Crippen molar-refractivity contribution in [1.82, 2.24) is 20.4 Å². The van der Waals surface area contributed by atoms with Crippen molar-refractivity contribution in [2.75, 3.05) is 25.5 Å². The van der Waals surface area contributed by atoms with E-state index in [2.05, 4.69) is 15.5 Å². The van der Waals surface area contributed by atoms with Gasteiger partial charge in [-0.1, -0.05) is 0 Å². The largest absolute Gasteiger partial charge is 0.507 e. The first-order valence-corrected chi connectivity index (χ1v) is 11.6. The van der Waals surface area contributed by atoms with Gasteiger partial charge in [-0.3, -0.25) is 4.79 Å². The molecule has 0 radical (unpaired) electrons. The number of carbonyl (C=O) groups is 1. The molecule has 4 atom stereocenters. The van der Waals surface area contributed by atoms with E-state index in [1.807, 2.05) is 11.9 Å². The molecular weight excluding hydrogens is 447 g/mol. The maximum atomic E-state index is 15.0. The lowest BCUT2D eigenvalue weighted by Crippen LogP contribution is -2.49. The number of benzene rings is 1. The molecule has 2 bridgehead atoms. The van der Waals surface area contributed by atoms with E-state index in [0.29, 0.717) is 42.9 Å². The van der Waals surface area contributed by atoms with Gasteiger partial charge in [-0.15, -0.1) is 10.2 Å². The van der Waals surface area contributed by atoms with Gasteiger partial charge < -0.3 is 20.2 Å². The van der Waals surface area contributed by atoms with Crippen LogP contribution in [0.15, 0.2) is 24.3 Å². The second-order valence-electron chi connectivity index (χ2n) is 9.79. The number of hydrogen-bond acceptors (Lipinski definition) is 6. The maximum Gasteiger partial charge on any atom is 0.264 e. The number of halogens is 3. The van der Waals surface area contributed by atoms with E-state index in [0.717, 1.165) is 0 Å². The fourth-order valence-electron chi connectivity index (χ4n) is 5.49. The number of anilines is 1. The molecule has 3 aliphatic heterocycles. The van der Waals surface area contributed by atoms with Crippen molar-refractivity contribution in [3.63, 3.8) is 0 Å². The predicted octanol–water partition coefficient (Wildman–Crippen LogP) is 3.29. The molecular formula is C24H28F3N5O2. The van der Waals surface area contributed by atoms with Crippen LogP contribution in [0, 0.1) is 5.82 Å². The Labute approximate surface area is 196 Å². The first-order valence-electron chi connectivity index (χ1n) is 11.6. The number of fused-ring (bicyclic) bond motifs is 2. The van der Waals surface area contributed by atoms with Gasteiger partial charge in [0.2, 0.25) is 5.91 Å².